The normalized spacial score (nSPS) is 29.9. The van der Waals surface area contributed by atoms with Crippen molar-refractivity contribution in [2.45, 2.75) is 198 Å². The van der Waals surface area contributed by atoms with Crippen LogP contribution in [-0.2, 0) is 42.2 Å². The van der Waals surface area contributed by atoms with E-state index in [9.17, 15) is 24.6 Å². The first-order chi connectivity index (χ1) is 34.3. The summed E-state index contributed by atoms with van der Waals surface area (Å²) in [5.74, 6) is -5.22. The van der Waals surface area contributed by atoms with E-state index >= 15 is 9.59 Å². The zero-order valence-corrected chi connectivity index (χ0v) is 46.9. The van der Waals surface area contributed by atoms with Gasteiger partial charge in [0.2, 0.25) is 8.32 Å². The summed E-state index contributed by atoms with van der Waals surface area (Å²) in [5, 5.41) is 30.1. The Bertz CT molecular complexity index is 2470. The molecule has 2 saturated carbocycles. The van der Waals surface area contributed by atoms with Crippen molar-refractivity contribution in [3.63, 3.8) is 0 Å². The van der Waals surface area contributed by atoms with E-state index in [0.29, 0.717) is 18.1 Å². The minimum atomic E-state index is -3.06. The van der Waals surface area contributed by atoms with Crippen LogP contribution in [0, 0.1) is 16.7 Å². The van der Waals surface area contributed by atoms with Crippen molar-refractivity contribution >= 4 is 46.2 Å². The van der Waals surface area contributed by atoms with Crippen molar-refractivity contribution in [1.29, 1.82) is 0 Å². The first-order valence-corrected chi connectivity index (χ1v) is 30.6. The molecule has 1 amide bonds. The second-order valence-electron chi connectivity index (χ2n) is 22.4. The fourth-order valence-corrected chi connectivity index (χ4v) is 21.9. The third-order valence-corrected chi connectivity index (χ3v) is 28.4. The number of nitrogens with one attached hydrogen (secondary N) is 1. The maximum atomic E-state index is 16.1. The fourth-order valence-electron chi connectivity index (χ4n) is 13.5. The van der Waals surface area contributed by atoms with Crippen molar-refractivity contribution in [3.05, 3.63) is 83.6 Å². The number of hydrogen-bond acceptors (Lipinski definition) is 16. The Morgan fingerprint density at radius 2 is 1.52 bits per heavy atom. The van der Waals surface area contributed by atoms with Crippen LogP contribution in [-0.4, -0.2) is 111 Å². The first kappa shape index (κ1) is 56.1. The van der Waals surface area contributed by atoms with Gasteiger partial charge < -0.3 is 56.6 Å². The van der Waals surface area contributed by atoms with Crippen LogP contribution in [0.3, 0.4) is 0 Å². The van der Waals surface area contributed by atoms with Crippen molar-refractivity contribution in [2.75, 3.05) is 6.61 Å². The summed E-state index contributed by atoms with van der Waals surface area (Å²) < 4.78 is 57.2. The largest absolute Gasteiger partial charge is 0.472 e. The Morgan fingerprint density at radius 1 is 0.890 bits per heavy atom. The molecule has 402 valence electrons. The van der Waals surface area contributed by atoms with Crippen molar-refractivity contribution < 1.29 is 75.2 Å². The number of rotatable bonds is 19. The van der Waals surface area contributed by atoms with Gasteiger partial charge in [-0.05, 0) is 90.1 Å². The number of aliphatic hydroxyl groups is 2. The van der Waals surface area contributed by atoms with Crippen molar-refractivity contribution in [2.24, 2.45) is 16.7 Å². The average molecular weight is 1050 g/mol. The zero-order valence-electron chi connectivity index (χ0n) is 44.9. The van der Waals surface area contributed by atoms with Gasteiger partial charge in [0.15, 0.2) is 31.6 Å². The van der Waals surface area contributed by atoms with Crippen molar-refractivity contribution in [1.82, 2.24) is 5.32 Å². The predicted octanol–water partition coefficient (Wildman–Crippen LogP) is 9.17. The van der Waals surface area contributed by atoms with Gasteiger partial charge in [-0.3, -0.25) is 14.4 Å². The van der Waals surface area contributed by atoms with Gasteiger partial charge in [0, 0.05) is 25.2 Å². The molecule has 3 fully saturated rings. The summed E-state index contributed by atoms with van der Waals surface area (Å²) in [5.41, 5.74) is -7.31. The number of fused-ring (bicyclic) bond motifs is 5. The number of amides is 1. The molecular weight excluding hydrogens is 975 g/mol. The molecule has 4 aliphatic rings. The Morgan fingerprint density at radius 3 is 2.03 bits per heavy atom. The van der Waals surface area contributed by atoms with Crippen LogP contribution in [0.2, 0.25) is 34.8 Å². The monoisotopic (exact) mass is 1050 g/mol. The number of carbonyl (C=O) groups excluding carboxylic acids is 5. The van der Waals surface area contributed by atoms with Gasteiger partial charge in [0.05, 0.1) is 48.4 Å². The molecule has 2 bridgehead atoms. The lowest BCUT2D eigenvalue weighted by molar-refractivity contribution is -0.344. The third-order valence-electron chi connectivity index (χ3n) is 17.7. The predicted molar refractivity (Wildman–Crippen MR) is 271 cm³/mol. The average Bonchev–Trinajstić information content (AvgIpc) is 4.17. The van der Waals surface area contributed by atoms with Gasteiger partial charge >= 0.3 is 17.9 Å². The molecule has 1 aliphatic heterocycles. The summed E-state index contributed by atoms with van der Waals surface area (Å²) in [6.07, 6.45) is -3.63. The molecule has 3 aromatic heterocycles. The number of hydrogen-bond donors (Lipinski definition) is 3. The quantitative estimate of drug-likeness (QED) is 0.0439. The zero-order chi connectivity index (χ0) is 53.8. The minimum Gasteiger partial charge on any atom is -0.472 e. The van der Waals surface area contributed by atoms with E-state index in [2.05, 4.69) is 26.1 Å². The molecule has 3 aromatic rings. The molecule has 19 heteroatoms. The van der Waals surface area contributed by atoms with Gasteiger partial charge in [-0.2, -0.15) is 0 Å². The molecule has 3 aliphatic carbocycles. The highest BCUT2D eigenvalue weighted by atomic mass is 28.4. The third kappa shape index (κ3) is 9.25. The van der Waals surface area contributed by atoms with Gasteiger partial charge in [0.25, 0.3) is 5.91 Å². The summed E-state index contributed by atoms with van der Waals surface area (Å²) >= 11 is 0. The van der Waals surface area contributed by atoms with Crippen LogP contribution in [0.4, 0.5) is 0 Å². The Hall–Kier alpha value is -4.64. The number of carbonyl (C=O) groups is 5. The second-order valence-corrected chi connectivity index (χ2v) is 32.5. The Kier molecular flexibility index (Phi) is 16.0. The SMILES string of the molecule is CC[Si](CC)(CC)O[C@H]1C[C@H]2OC[C@@]2(OC(C)=O)[C@H]2[C@H](OC(=O)c3ccoc3)[C@]3(O)C[C@H](OC(=O)[C@H](O[Si](C(C)C)(C(C)C)C(C)C)[C@@H](NC(=O)c4ccco4)c4ccco4)C(C)=C([C@@H](O)C(=O)[C@]12C)C3(C)C. The van der Waals surface area contributed by atoms with E-state index < -0.39 is 123 Å². The van der Waals surface area contributed by atoms with Gasteiger partial charge in [-0.25, -0.2) is 9.59 Å². The molecule has 73 heavy (non-hydrogen) atoms. The van der Waals surface area contributed by atoms with Crippen LogP contribution in [0.15, 0.2) is 79.8 Å². The molecule has 11 atom stereocenters. The molecule has 0 unspecified atom stereocenters. The van der Waals surface area contributed by atoms with Crippen molar-refractivity contribution in [3.8, 4) is 0 Å². The van der Waals surface area contributed by atoms with Crippen LogP contribution >= 0.6 is 0 Å². The van der Waals surface area contributed by atoms with E-state index in [-0.39, 0.29) is 57.9 Å². The molecule has 17 nitrogen and oxygen atoms in total. The first-order valence-electron chi connectivity index (χ1n) is 25.9. The maximum Gasteiger partial charge on any atom is 0.341 e. The molecule has 0 radical (unpaired) electrons. The minimum absolute atomic E-state index is 0.00291. The molecular formula is C54H77NO16Si2. The molecule has 0 aromatic carbocycles. The van der Waals surface area contributed by atoms with Gasteiger partial charge in [-0.1, -0.05) is 76.2 Å². The molecule has 0 spiro atoms. The van der Waals surface area contributed by atoms with Crippen LogP contribution < -0.4 is 5.32 Å². The highest BCUT2D eigenvalue weighted by Gasteiger charge is 2.78. The van der Waals surface area contributed by atoms with E-state index in [4.69, 9.17) is 41.1 Å². The van der Waals surface area contributed by atoms with Crippen LogP contribution in [0.25, 0.3) is 0 Å². The topological polar surface area (TPSA) is 233 Å². The lowest BCUT2D eigenvalue weighted by Gasteiger charge is -2.68. The maximum absolute atomic E-state index is 16.1. The number of esters is 3. The summed E-state index contributed by atoms with van der Waals surface area (Å²) in [6.45, 7) is 26.0. The Balaban J connectivity index is 1.45. The molecule has 7 rings (SSSR count). The summed E-state index contributed by atoms with van der Waals surface area (Å²) in [6, 6.07) is 8.50. The standard InChI is InChI=1S/C54H77NO16Si2/c1-15-72(16-2,17-3)70-39-26-40-53(29-66-40,69-34(11)56)45-47(68-49(60)35-22-25-63-28-35)54(62)27-38(33(10)41(51(54,12)13)43(57)46(58)52(39,45)14)67-50(61)44(71-73(30(4)5,31(6)7)32(8)9)42(36-20-18-23-64-36)55-48(59)37-21-19-24-65-37/h18-25,28,30-32,38-40,42-45,47,57,62H,15-17,26-27,29H2,1-14H3,(H,55,59)/t38-,39-,40+,42-,43+,44+,45-,47-,52+,53-,54+/m0/s1. The molecule has 3 N–H and O–H groups in total. The molecule has 4 heterocycles. The number of ketones is 1. The fraction of sp³-hybridized carbons (Fsp3) is 0.648. The highest BCUT2D eigenvalue weighted by Crippen LogP contribution is 2.65. The summed E-state index contributed by atoms with van der Waals surface area (Å²) in [7, 11) is -5.67. The van der Waals surface area contributed by atoms with Crippen LogP contribution in [0.5, 0.6) is 0 Å². The number of aliphatic hydroxyl groups excluding tert-OH is 1. The summed E-state index contributed by atoms with van der Waals surface area (Å²) in [4.78, 5) is 73.7. The number of furan rings is 3. The number of ether oxygens (including phenoxy) is 4. The van der Waals surface area contributed by atoms with Gasteiger partial charge in [0.1, 0.15) is 48.1 Å². The lowest BCUT2D eigenvalue weighted by Crippen LogP contribution is -2.82. The van der Waals surface area contributed by atoms with Crippen LogP contribution in [0.1, 0.15) is 142 Å². The Labute approximate surface area is 430 Å². The smallest absolute Gasteiger partial charge is 0.341 e. The van der Waals surface area contributed by atoms with E-state index in [0.717, 1.165) is 0 Å². The molecule has 1 saturated heterocycles. The number of Topliss-reactive ketones (excluding diaryl/α,β-unsaturated/α-hetero) is 1. The second kappa shape index (κ2) is 20.8. The highest BCUT2D eigenvalue weighted by molar-refractivity contribution is 6.77. The van der Waals surface area contributed by atoms with E-state index in [1.165, 1.54) is 44.1 Å². The van der Waals surface area contributed by atoms with E-state index in [1.807, 2.05) is 41.5 Å². The van der Waals surface area contributed by atoms with Gasteiger partial charge in [-0.15, -0.1) is 0 Å². The van der Waals surface area contributed by atoms with E-state index in [1.54, 1.807) is 45.9 Å². The lowest BCUT2D eigenvalue weighted by atomic mass is 9.44.